The minimum absolute atomic E-state index is 0.00910. The number of methoxy groups -OCH3 is 1. The monoisotopic (exact) mass is 321 g/mol. The number of hydrogen-bond acceptors (Lipinski definition) is 6. The van der Waals surface area contributed by atoms with E-state index in [0.717, 1.165) is 22.0 Å². The first kappa shape index (κ1) is 16.4. The standard InChI is InChI=1S/C15H19N3O3S/c1-10-7-13(18(19)20)5-6-14(10)17(3)8-12-9-22-15(16-12)11(2)21-4/h5-7,9,11H,8H2,1-4H3. The van der Waals surface area contributed by atoms with Gasteiger partial charge >= 0.3 is 0 Å². The Hall–Kier alpha value is -1.99. The molecule has 2 rings (SSSR count). The summed E-state index contributed by atoms with van der Waals surface area (Å²) in [5.41, 5.74) is 2.90. The molecule has 22 heavy (non-hydrogen) atoms. The van der Waals surface area contributed by atoms with E-state index < -0.39 is 0 Å². The van der Waals surface area contributed by atoms with Crippen molar-refractivity contribution < 1.29 is 9.66 Å². The number of ether oxygens (including phenoxy) is 1. The van der Waals surface area contributed by atoms with E-state index in [0.29, 0.717) is 6.54 Å². The molecule has 0 radical (unpaired) electrons. The highest BCUT2D eigenvalue weighted by Gasteiger charge is 2.14. The molecule has 7 heteroatoms. The Morgan fingerprint density at radius 2 is 2.23 bits per heavy atom. The number of aromatic nitrogens is 1. The van der Waals surface area contributed by atoms with E-state index in [9.17, 15) is 10.1 Å². The molecule has 1 unspecified atom stereocenters. The maximum absolute atomic E-state index is 10.8. The van der Waals surface area contributed by atoms with E-state index in [4.69, 9.17) is 4.74 Å². The SMILES string of the molecule is COC(C)c1nc(CN(C)c2ccc([N+](=O)[O-])cc2C)cs1. The first-order chi connectivity index (χ1) is 10.4. The van der Waals surface area contributed by atoms with Crippen molar-refractivity contribution in [2.45, 2.75) is 26.5 Å². The number of hydrogen-bond donors (Lipinski definition) is 0. The van der Waals surface area contributed by atoms with E-state index in [2.05, 4.69) is 4.98 Å². The summed E-state index contributed by atoms with van der Waals surface area (Å²) in [6.45, 7) is 4.48. The quantitative estimate of drug-likeness (QED) is 0.599. The Morgan fingerprint density at radius 1 is 1.50 bits per heavy atom. The average Bonchev–Trinajstić information content (AvgIpc) is 2.94. The molecule has 1 heterocycles. The van der Waals surface area contributed by atoms with Gasteiger partial charge in [0, 0.05) is 37.4 Å². The summed E-state index contributed by atoms with van der Waals surface area (Å²) in [5.74, 6) is 0. The zero-order chi connectivity index (χ0) is 16.3. The number of rotatable bonds is 6. The summed E-state index contributed by atoms with van der Waals surface area (Å²) in [4.78, 5) is 17.0. The van der Waals surface area contributed by atoms with Crippen molar-refractivity contribution in [3.05, 3.63) is 50.0 Å². The molecule has 0 N–H and O–H groups in total. The van der Waals surface area contributed by atoms with Crippen LogP contribution in [-0.4, -0.2) is 24.1 Å². The number of nitrogens with zero attached hydrogens (tertiary/aromatic N) is 3. The van der Waals surface area contributed by atoms with Crippen molar-refractivity contribution in [1.82, 2.24) is 4.98 Å². The predicted octanol–water partition coefficient (Wildman–Crippen LogP) is 3.70. The molecular weight excluding hydrogens is 302 g/mol. The molecule has 0 fully saturated rings. The highest BCUT2D eigenvalue weighted by atomic mass is 32.1. The first-order valence-electron chi connectivity index (χ1n) is 6.85. The minimum atomic E-state index is -0.379. The number of non-ortho nitro benzene ring substituents is 1. The van der Waals surface area contributed by atoms with Crippen LogP contribution in [0, 0.1) is 17.0 Å². The van der Waals surface area contributed by atoms with Crippen LogP contribution in [0.25, 0.3) is 0 Å². The van der Waals surface area contributed by atoms with E-state index in [1.165, 1.54) is 6.07 Å². The van der Waals surface area contributed by atoms with E-state index in [1.807, 2.05) is 31.2 Å². The number of aryl methyl sites for hydroxylation is 1. The Balaban J connectivity index is 2.13. The average molecular weight is 321 g/mol. The minimum Gasteiger partial charge on any atom is -0.375 e. The van der Waals surface area contributed by atoms with Crippen molar-refractivity contribution >= 4 is 22.7 Å². The van der Waals surface area contributed by atoms with Gasteiger partial charge in [0.2, 0.25) is 0 Å². The molecule has 1 atom stereocenters. The number of nitro groups is 1. The lowest BCUT2D eigenvalue weighted by atomic mass is 10.1. The fourth-order valence-corrected chi connectivity index (χ4v) is 3.03. The smallest absolute Gasteiger partial charge is 0.269 e. The Kier molecular flexibility index (Phi) is 5.10. The van der Waals surface area contributed by atoms with Gasteiger partial charge in [0.15, 0.2) is 0 Å². The van der Waals surface area contributed by atoms with Crippen molar-refractivity contribution in [1.29, 1.82) is 0 Å². The van der Waals surface area contributed by atoms with Gasteiger partial charge in [0.25, 0.3) is 5.69 Å². The number of thiazole rings is 1. The Bertz CT molecular complexity index is 672. The summed E-state index contributed by atoms with van der Waals surface area (Å²) < 4.78 is 5.26. The van der Waals surface area contributed by atoms with E-state index >= 15 is 0 Å². The predicted molar refractivity (Wildman–Crippen MR) is 87.5 cm³/mol. The highest BCUT2D eigenvalue weighted by molar-refractivity contribution is 7.09. The van der Waals surface area contributed by atoms with Crippen LogP contribution in [0.5, 0.6) is 0 Å². The van der Waals surface area contributed by atoms with Gasteiger partial charge in [-0.3, -0.25) is 10.1 Å². The lowest BCUT2D eigenvalue weighted by Crippen LogP contribution is -2.17. The second-order valence-electron chi connectivity index (χ2n) is 5.14. The fourth-order valence-electron chi connectivity index (χ4n) is 2.19. The largest absolute Gasteiger partial charge is 0.375 e. The third-order valence-corrected chi connectivity index (χ3v) is 4.53. The van der Waals surface area contributed by atoms with Crippen LogP contribution in [-0.2, 0) is 11.3 Å². The highest BCUT2D eigenvalue weighted by Crippen LogP contribution is 2.26. The van der Waals surface area contributed by atoms with Crippen LogP contribution in [0.15, 0.2) is 23.6 Å². The molecule has 0 aliphatic rings. The van der Waals surface area contributed by atoms with Gasteiger partial charge in [-0.25, -0.2) is 4.98 Å². The van der Waals surface area contributed by atoms with Crippen LogP contribution < -0.4 is 4.90 Å². The molecule has 0 saturated carbocycles. The van der Waals surface area contributed by atoms with Crippen molar-refractivity contribution in [3.63, 3.8) is 0 Å². The van der Waals surface area contributed by atoms with Gasteiger partial charge in [-0.05, 0) is 25.5 Å². The van der Waals surface area contributed by atoms with E-state index in [-0.39, 0.29) is 16.7 Å². The summed E-state index contributed by atoms with van der Waals surface area (Å²) in [5, 5.41) is 13.8. The van der Waals surface area contributed by atoms with Gasteiger partial charge < -0.3 is 9.64 Å². The Labute approximate surface area is 133 Å². The van der Waals surface area contributed by atoms with Crippen molar-refractivity contribution in [3.8, 4) is 0 Å². The zero-order valence-corrected chi connectivity index (χ0v) is 13.9. The molecule has 118 valence electrons. The molecule has 1 aromatic heterocycles. The summed E-state index contributed by atoms with van der Waals surface area (Å²) >= 11 is 1.58. The lowest BCUT2D eigenvalue weighted by molar-refractivity contribution is -0.384. The van der Waals surface area contributed by atoms with Crippen molar-refractivity contribution in [2.75, 3.05) is 19.1 Å². The second kappa shape index (κ2) is 6.85. The van der Waals surface area contributed by atoms with Crippen LogP contribution >= 0.6 is 11.3 Å². The molecule has 0 aliphatic carbocycles. The molecule has 0 saturated heterocycles. The van der Waals surface area contributed by atoms with Crippen LogP contribution in [0.3, 0.4) is 0 Å². The van der Waals surface area contributed by atoms with Crippen LogP contribution in [0.1, 0.15) is 29.3 Å². The van der Waals surface area contributed by atoms with Gasteiger partial charge in [0.1, 0.15) is 11.1 Å². The normalized spacial score (nSPS) is 12.2. The number of benzene rings is 1. The van der Waals surface area contributed by atoms with Crippen LogP contribution in [0.2, 0.25) is 0 Å². The summed E-state index contributed by atoms with van der Waals surface area (Å²) in [6, 6.07) is 4.89. The lowest BCUT2D eigenvalue weighted by Gasteiger charge is -2.20. The topological polar surface area (TPSA) is 68.5 Å². The number of anilines is 1. The summed E-state index contributed by atoms with van der Waals surface area (Å²) in [7, 11) is 3.62. The molecule has 0 amide bonds. The van der Waals surface area contributed by atoms with Gasteiger partial charge in [-0.2, -0.15) is 0 Å². The van der Waals surface area contributed by atoms with E-state index in [1.54, 1.807) is 30.6 Å². The first-order valence-corrected chi connectivity index (χ1v) is 7.73. The molecule has 1 aromatic carbocycles. The maximum atomic E-state index is 10.8. The fraction of sp³-hybridized carbons (Fsp3) is 0.400. The van der Waals surface area contributed by atoms with Crippen LogP contribution in [0.4, 0.5) is 11.4 Å². The van der Waals surface area contributed by atoms with Gasteiger partial charge in [-0.15, -0.1) is 11.3 Å². The molecule has 6 nitrogen and oxygen atoms in total. The maximum Gasteiger partial charge on any atom is 0.269 e. The third kappa shape index (κ3) is 3.61. The molecule has 2 aromatic rings. The molecular formula is C15H19N3O3S. The summed E-state index contributed by atoms with van der Waals surface area (Å²) in [6.07, 6.45) is -0.00910. The molecule has 0 spiro atoms. The Morgan fingerprint density at radius 3 is 2.82 bits per heavy atom. The van der Waals surface area contributed by atoms with Gasteiger partial charge in [-0.1, -0.05) is 0 Å². The van der Waals surface area contributed by atoms with Crippen molar-refractivity contribution in [2.24, 2.45) is 0 Å². The number of nitro benzene ring substituents is 1. The van der Waals surface area contributed by atoms with Gasteiger partial charge in [0.05, 0.1) is 17.2 Å². The zero-order valence-electron chi connectivity index (χ0n) is 13.1. The molecule has 0 bridgehead atoms. The second-order valence-corrected chi connectivity index (χ2v) is 6.03. The third-order valence-electron chi connectivity index (χ3n) is 3.47. The molecule has 0 aliphatic heterocycles.